The zero-order valence-electron chi connectivity index (χ0n) is 27.5. The summed E-state index contributed by atoms with van der Waals surface area (Å²) in [6.07, 6.45) is 39.1. The Morgan fingerprint density at radius 2 is 0.952 bits per heavy atom. The van der Waals surface area contributed by atoms with Crippen molar-refractivity contribution in [1.29, 1.82) is 0 Å². The maximum atomic E-state index is 12.1. The number of hydrogen-bond donors (Lipinski definition) is 1. The molecule has 5 heteroatoms. The van der Waals surface area contributed by atoms with E-state index in [-0.39, 0.29) is 25.2 Å². The van der Waals surface area contributed by atoms with Crippen LogP contribution in [0.1, 0.15) is 168 Å². The summed E-state index contributed by atoms with van der Waals surface area (Å²) >= 11 is 0. The fourth-order valence-corrected chi connectivity index (χ4v) is 4.74. The number of ether oxygens (including phenoxy) is 2. The molecule has 0 saturated carbocycles. The van der Waals surface area contributed by atoms with Gasteiger partial charge >= 0.3 is 11.9 Å². The molecule has 0 fully saturated rings. The van der Waals surface area contributed by atoms with Crippen LogP contribution in [0.15, 0.2) is 36.5 Å². The highest BCUT2D eigenvalue weighted by molar-refractivity contribution is 5.70. The van der Waals surface area contributed by atoms with Crippen molar-refractivity contribution in [3.63, 3.8) is 0 Å². The Hall–Kier alpha value is -1.88. The average Bonchev–Trinajstić information content (AvgIpc) is 2.99. The van der Waals surface area contributed by atoms with E-state index in [9.17, 15) is 14.7 Å². The van der Waals surface area contributed by atoms with Crippen LogP contribution in [0.4, 0.5) is 0 Å². The molecule has 5 nitrogen and oxygen atoms in total. The van der Waals surface area contributed by atoms with Crippen LogP contribution in [-0.4, -0.2) is 36.4 Å². The average molecular weight is 591 g/mol. The molecule has 0 saturated heterocycles. The molecule has 0 aromatic heterocycles. The van der Waals surface area contributed by atoms with Gasteiger partial charge in [-0.05, 0) is 51.4 Å². The fourth-order valence-electron chi connectivity index (χ4n) is 4.74. The van der Waals surface area contributed by atoms with Crippen molar-refractivity contribution in [3.8, 4) is 0 Å². The highest BCUT2D eigenvalue weighted by Crippen LogP contribution is 2.13. The molecule has 0 aliphatic carbocycles. The first-order chi connectivity index (χ1) is 20.6. The van der Waals surface area contributed by atoms with Crippen molar-refractivity contribution in [2.24, 2.45) is 0 Å². The monoisotopic (exact) mass is 590 g/mol. The Morgan fingerprint density at radius 1 is 0.548 bits per heavy atom. The minimum Gasteiger partial charge on any atom is -0.462 e. The van der Waals surface area contributed by atoms with Crippen LogP contribution in [0.25, 0.3) is 0 Å². The molecule has 1 atom stereocenters. The van der Waals surface area contributed by atoms with E-state index in [0.717, 1.165) is 64.2 Å². The van der Waals surface area contributed by atoms with Crippen LogP contribution in [0.5, 0.6) is 0 Å². The van der Waals surface area contributed by atoms with Crippen molar-refractivity contribution in [1.82, 2.24) is 0 Å². The Balaban J connectivity index is 3.63. The first-order valence-electron chi connectivity index (χ1n) is 17.5. The number of carbonyl (C=O) groups is 2. The number of carbonyl (C=O) groups excluding carboxylic acids is 2. The molecule has 0 aromatic rings. The number of unbranched alkanes of at least 4 members (excludes halogenated alkanes) is 17. The standard InChI is InChI=1S/C37H66O5/c1-3-5-7-9-11-13-15-16-17-18-19-20-22-24-26-28-30-32-37(40)42-35(33-38)34-41-36(39)31-29-27-25-23-21-14-12-10-8-6-4-2/h11,13,16-17,19-20,35,38H,3-10,12,14-15,18,21-34H2,1-2H3/b13-11-,17-16-,20-19-/t35-/m0/s1. The normalized spacial score (nSPS) is 12.5. The van der Waals surface area contributed by atoms with Crippen molar-refractivity contribution in [2.45, 2.75) is 174 Å². The topological polar surface area (TPSA) is 72.8 Å². The molecule has 0 unspecified atom stereocenters. The molecule has 0 aromatic carbocycles. The lowest BCUT2D eigenvalue weighted by Gasteiger charge is -2.15. The highest BCUT2D eigenvalue weighted by atomic mass is 16.6. The van der Waals surface area contributed by atoms with E-state index >= 15 is 0 Å². The van der Waals surface area contributed by atoms with Gasteiger partial charge in [0.05, 0.1) is 6.61 Å². The van der Waals surface area contributed by atoms with Gasteiger partial charge < -0.3 is 14.6 Å². The van der Waals surface area contributed by atoms with Crippen LogP contribution in [0, 0.1) is 0 Å². The Bertz CT molecular complexity index is 682. The summed E-state index contributed by atoms with van der Waals surface area (Å²) < 4.78 is 10.5. The van der Waals surface area contributed by atoms with E-state index < -0.39 is 6.10 Å². The molecule has 0 radical (unpaired) electrons. The quantitative estimate of drug-likeness (QED) is 0.0494. The lowest BCUT2D eigenvalue weighted by atomic mass is 10.1. The first-order valence-corrected chi connectivity index (χ1v) is 17.5. The van der Waals surface area contributed by atoms with Gasteiger partial charge in [0.25, 0.3) is 0 Å². The van der Waals surface area contributed by atoms with Gasteiger partial charge in [0, 0.05) is 12.8 Å². The molecule has 244 valence electrons. The SMILES string of the molecule is CCCCC/C=C\C/C=C\C/C=C\CCCCCCC(=O)O[C@@H](CO)COC(=O)CCCCCCCCCCCCC. The van der Waals surface area contributed by atoms with E-state index in [1.165, 1.54) is 77.0 Å². The van der Waals surface area contributed by atoms with E-state index in [4.69, 9.17) is 9.47 Å². The minimum atomic E-state index is -0.778. The van der Waals surface area contributed by atoms with Crippen molar-refractivity contribution in [3.05, 3.63) is 36.5 Å². The third-order valence-electron chi connectivity index (χ3n) is 7.44. The number of rotatable bonds is 31. The maximum Gasteiger partial charge on any atom is 0.306 e. The minimum absolute atomic E-state index is 0.0730. The number of aliphatic hydroxyl groups excluding tert-OH is 1. The summed E-state index contributed by atoms with van der Waals surface area (Å²) in [5.74, 6) is -0.617. The van der Waals surface area contributed by atoms with Gasteiger partial charge in [-0.1, -0.05) is 140 Å². The summed E-state index contributed by atoms with van der Waals surface area (Å²) in [4.78, 5) is 24.1. The molecular weight excluding hydrogens is 524 g/mol. The summed E-state index contributed by atoms with van der Waals surface area (Å²) in [7, 11) is 0. The molecule has 0 aliphatic heterocycles. The van der Waals surface area contributed by atoms with Crippen LogP contribution >= 0.6 is 0 Å². The van der Waals surface area contributed by atoms with Crippen molar-refractivity contribution in [2.75, 3.05) is 13.2 Å². The second kappa shape index (κ2) is 33.6. The van der Waals surface area contributed by atoms with Gasteiger partial charge in [0.15, 0.2) is 6.10 Å². The van der Waals surface area contributed by atoms with E-state index in [0.29, 0.717) is 12.8 Å². The maximum absolute atomic E-state index is 12.1. The smallest absolute Gasteiger partial charge is 0.306 e. The highest BCUT2D eigenvalue weighted by Gasteiger charge is 2.16. The zero-order chi connectivity index (χ0) is 30.8. The Labute approximate surface area is 259 Å². The molecule has 0 amide bonds. The molecule has 0 rings (SSSR count). The number of allylic oxidation sites excluding steroid dienone is 6. The van der Waals surface area contributed by atoms with Crippen LogP contribution in [0.3, 0.4) is 0 Å². The van der Waals surface area contributed by atoms with E-state index in [2.05, 4.69) is 50.3 Å². The van der Waals surface area contributed by atoms with Crippen molar-refractivity contribution >= 4 is 11.9 Å². The number of hydrogen-bond acceptors (Lipinski definition) is 5. The fraction of sp³-hybridized carbons (Fsp3) is 0.784. The second-order valence-electron chi connectivity index (χ2n) is 11.6. The van der Waals surface area contributed by atoms with Gasteiger partial charge in [-0.25, -0.2) is 0 Å². The van der Waals surface area contributed by atoms with Crippen LogP contribution < -0.4 is 0 Å². The van der Waals surface area contributed by atoms with Gasteiger partial charge in [0.1, 0.15) is 6.61 Å². The summed E-state index contributed by atoms with van der Waals surface area (Å²) in [6, 6.07) is 0. The van der Waals surface area contributed by atoms with Crippen LogP contribution in [-0.2, 0) is 19.1 Å². The van der Waals surface area contributed by atoms with Gasteiger partial charge in [-0.3, -0.25) is 9.59 Å². The third-order valence-corrected chi connectivity index (χ3v) is 7.44. The largest absolute Gasteiger partial charge is 0.462 e. The summed E-state index contributed by atoms with van der Waals surface area (Å²) in [6.45, 7) is 4.07. The molecule has 0 bridgehead atoms. The summed E-state index contributed by atoms with van der Waals surface area (Å²) in [5.41, 5.74) is 0. The molecule has 0 heterocycles. The van der Waals surface area contributed by atoms with Gasteiger partial charge in [0.2, 0.25) is 0 Å². The number of esters is 2. The molecule has 0 aliphatic rings. The summed E-state index contributed by atoms with van der Waals surface area (Å²) in [5, 5.41) is 9.50. The second-order valence-corrected chi connectivity index (χ2v) is 11.6. The third kappa shape index (κ3) is 31.1. The lowest BCUT2D eigenvalue weighted by Crippen LogP contribution is -2.28. The molecular formula is C37H66O5. The molecule has 1 N–H and O–H groups in total. The lowest BCUT2D eigenvalue weighted by molar-refractivity contribution is -0.161. The van der Waals surface area contributed by atoms with Gasteiger partial charge in [-0.2, -0.15) is 0 Å². The van der Waals surface area contributed by atoms with Crippen molar-refractivity contribution < 1.29 is 24.2 Å². The predicted molar refractivity (Wildman–Crippen MR) is 178 cm³/mol. The zero-order valence-corrected chi connectivity index (χ0v) is 27.5. The molecule has 0 spiro atoms. The van der Waals surface area contributed by atoms with Gasteiger partial charge in [-0.15, -0.1) is 0 Å². The Kier molecular flexibility index (Phi) is 32.1. The van der Waals surface area contributed by atoms with E-state index in [1.807, 2.05) is 0 Å². The Morgan fingerprint density at radius 3 is 1.48 bits per heavy atom. The number of aliphatic hydroxyl groups is 1. The van der Waals surface area contributed by atoms with Crippen LogP contribution in [0.2, 0.25) is 0 Å². The predicted octanol–water partition coefficient (Wildman–Crippen LogP) is 10.5. The molecule has 42 heavy (non-hydrogen) atoms. The first kappa shape index (κ1) is 40.1. The van der Waals surface area contributed by atoms with E-state index in [1.54, 1.807) is 0 Å².